The summed E-state index contributed by atoms with van der Waals surface area (Å²) < 4.78 is 8.75. The molecule has 8 nitrogen and oxygen atoms in total. The fraction of sp³-hybridized carbons (Fsp3) is 0.238. The van der Waals surface area contributed by atoms with Crippen molar-refractivity contribution in [3.05, 3.63) is 71.1 Å². The number of aromatic nitrogens is 4. The van der Waals surface area contributed by atoms with Crippen molar-refractivity contribution in [2.24, 2.45) is 0 Å². The lowest BCUT2D eigenvalue weighted by atomic mass is 10.2. The van der Waals surface area contributed by atoms with E-state index in [2.05, 4.69) is 22.0 Å². The van der Waals surface area contributed by atoms with Crippen molar-refractivity contribution in [1.29, 1.82) is 0 Å². The van der Waals surface area contributed by atoms with Gasteiger partial charge in [0.15, 0.2) is 5.58 Å². The predicted octanol–water partition coefficient (Wildman–Crippen LogP) is 2.71. The van der Waals surface area contributed by atoms with Gasteiger partial charge in [-0.1, -0.05) is 12.1 Å². The molecule has 0 aliphatic heterocycles. The summed E-state index contributed by atoms with van der Waals surface area (Å²) in [5, 5.41) is 7.66. The lowest BCUT2D eigenvalue weighted by Gasteiger charge is -2.13. The van der Waals surface area contributed by atoms with E-state index in [0.717, 1.165) is 21.7 Å². The predicted molar refractivity (Wildman–Crippen MR) is 109 cm³/mol. The van der Waals surface area contributed by atoms with Gasteiger partial charge in [0.25, 0.3) is 5.56 Å². The first-order chi connectivity index (χ1) is 14.0. The van der Waals surface area contributed by atoms with Gasteiger partial charge in [-0.05, 0) is 26.0 Å². The molecule has 29 heavy (non-hydrogen) atoms. The van der Waals surface area contributed by atoms with Gasteiger partial charge in [-0.2, -0.15) is 5.10 Å². The lowest BCUT2D eigenvalue weighted by Crippen LogP contribution is -2.35. The Morgan fingerprint density at radius 2 is 2.24 bits per heavy atom. The number of furan rings is 1. The van der Waals surface area contributed by atoms with E-state index >= 15 is 0 Å². The molecule has 0 bridgehead atoms. The molecule has 1 amide bonds. The first-order valence-electron chi connectivity index (χ1n) is 9.29. The van der Waals surface area contributed by atoms with E-state index < -0.39 is 0 Å². The van der Waals surface area contributed by atoms with Crippen LogP contribution in [0.3, 0.4) is 0 Å². The van der Waals surface area contributed by atoms with Crippen molar-refractivity contribution in [2.45, 2.75) is 33.0 Å². The third-order valence-electron chi connectivity index (χ3n) is 4.77. The van der Waals surface area contributed by atoms with Gasteiger partial charge < -0.3 is 14.3 Å². The maximum atomic E-state index is 13.1. The zero-order chi connectivity index (χ0) is 20.5. The van der Waals surface area contributed by atoms with Crippen LogP contribution in [-0.2, 0) is 17.9 Å². The fourth-order valence-electron chi connectivity index (χ4n) is 3.48. The highest BCUT2D eigenvalue weighted by Gasteiger charge is 2.20. The first-order valence-corrected chi connectivity index (χ1v) is 9.29. The van der Waals surface area contributed by atoms with Crippen LogP contribution in [0, 0.1) is 6.92 Å². The number of nitrogens with zero attached hydrogens (tertiary/aromatic N) is 4. The molecule has 0 spiro atoms. The summed E-state index contributed by atoms with van der Waals surface area (Å²) in [6.07, 6.45) is 4.95. The molecule has 0 radical (unpaired) electrons. The maximum Gasteiger partial charge on any atom is 0.291 e. The molecule has 0 aliphatic carbocycles. The Morgan fingerprint density at radius 3 is 2.97 bits per heavy atom. The molecule has 0 aromatic carbocycles. The molecule has 8 heteroatoms. The Labute approximate surface area is 166 Å². The molecule has 0 fully saturated rings. The third kappa shape index (κ3) is 3.33. The molecule has 0 saturated heterocycles. The van der Waals surface area contributed by atoms with Gasteiger partial charge in [-0.15, -0.1) is 6.58 Å². The molecule has 4 aromatic rings. The largest absolute Gasteiger partial charge is 0.459 e. The zero-order valence-electron chi connectivity index (χ0n) is 16.3. The van der Waals surface area contributed by atoms with Gasteiger partial charge in [0.05, 0.1) is 28.8 Å². The summed E-state index contributed by atoms with van der Waals surface area (Å²) in [5.74, 6) is 0.431. The molecule has 0 unspecified atom stereocenters. The highest BCUT2D eigenvalue weighted by molar-refractivity contribution is 6.04. The van der Waals surface area contributed by atoms with Gasteiger partial charge >= 0.3 is 0 Å². The number of nitrogens with one attached hydrogen (secondary N) is 1. The number of allylic oxidation sites excluding steroid dienone is 1. The van der Waals surface area contributed by atoms with Crippen molar-refractivity contribution in [3.63, 3.8) is 0 Å². The number of carbonyl (C=O) groups excluding carboxylic acids is 1. The van der Waals surface area contributed by atoms with Gasteiger partial charge in [-0.25, -0.2) is 4.68 Å². The molecular weight excluding hydrogens is 370 g/mol. The second kappa shape index (κ2) is 7.38. The summed E-state index contributed by atoms with van der Waals surface area (Å²) in [7, 11) is 0. The Morgan fingerprint density at radius 1 is 1.41 bits per heavy atom. The number of pyridine rings is 1. The van der Waals surface area contributed by atoms with Crippen molar-refractivity contribution >= 4 is 27.9 Å². The molecule has 1 N–H and O–H groups in total. The number of carbonyl (C=O) groups is 1. The first kappa shape index (κ1) is 18.7. The van der Waals surface area contributed by atoms with Crippen LogP contribution in [0.1, 0.15) is 24.4 Å². The van der Waals surface area contributed by atoms with Crippen LogP contribution in [0.5, 0.6) is 0 Å². The second-order valence-electron chi connectivity index (χ2n) is 6.88. The maximum absolute atomic E-state index is 13.1. The lowest BCUT2D eigenvalue weighted by molar-refractivity contribution is -0.122. The minimum atomic E-state index is -0.353. The van der Waals surface area contributed by atoms with Gasteiger partial charge in [0.2, 0.25) is 5.91 Å². The van der Waals surface area contributed by atoms with Crippen LogP contribution in [-0.4, -0.2) is 25.2 Å². The van der Waals surface area contributed by atoms with Gasteiger partial charge in [0.1, 0.15) is 17.8 Å². The molecule has 4 aromatic heterocycles. The van der Waals surface area contributed by atoms with Crippen molar-refractivity contribution in [1.82, 2.24) is 24.6 Å². The van der Waals surface area contributed by atoms with E-state index in [0.29, 0.717) is 23.0 Å². The number of hydrogen-bond donors (Lipinski definition) is 1. The number of fused-ring (bicyclic) bond motifs is 3. The molecule has 1 atom stereocenters. The van der Waals surface area contributed by atoms with Crippen molar-refractivity contribution in [2.75, 3.05) is 0 Å². The monoisotopic (exact) mass is 391 g/mol. The second-order valence-corrected chi connectivity index (χ2v) is 6.88. The van der Waals surface area contributed by atoms with E-state index in [-0.39, 0.29) is 24.1 Å². The molecular formula is C21H21N5O3. The number of rotatable bonds is 6. The Kier molecular flexibility index (Phi) is 4.75. The molecule has 4 rings (SSSR count). The Balaban J connectivity index is 1.67. The normalized spacial score (nSPS) is 12.3. The summed E-state index contributed by atoms with van der Waals surface area (Å²) in [5.41, 5.74) is 2.26. The van der Waals surface area contributed by atoms with E-state index in [1.54, 1.807) is 18.5 Å². The SMILES string of the molecule is C=CCn1c2cc(C)oc2c2cnn(CC(=O)N[C@H](C)c3ccccn3)c(=O)c21. The fourth-order valence-corrected chi connectivity index (χ4v) is 3.48. The Hall–Kier alpha value is -3.68. The topological polar surface area (TPSA) is 94.9 Å². The smallest absolute Gasteiger partial charge is 0.291 e. The highest BCUT2D eigenvalue weighted by atomic mass is 16.3. The van der Waals surface area contributed by atoms with E-state index in [9.17, 15) is 9.59 Å². The van der Waals surface area contributed by atoms with E-state index in [1.807, 2.05) is 42.7 Å². The molecule has 4 heterocycles. The van der Waals surface area contributed by atoms with Crippen LogP contribution >= 0.6 is 0 Å². The van der Waals surface area contributed by atoms with E-state index in [1.165, 1.54) is 0 Å². The summed E-state index contributed by atoms with van der Waals surface area (Å²) in [4.78, 5) is 29.8. The van der Waals surface area contributed by atoms with Crippen LogP contribution in [0.2, 0.25) is 0 Å². The quantitative estimate of drug-likeness (QED) is 0.510. The van der Waals surface area contributed by atoms with Crippen LogP contribution in [0.25, 0.3) is 22.0 Å². The van der Waals surface area contributed by atoms with Gasteiger partial charge in [0, 0.05) is 18.8 Å². The van der Waals surface area contributed by atoms with Gasteiger partial charge in [-0.3, -0.25) is 14.6 Å². The van der Waals surface area contributed by atoms with Crippen LogP contribution in [0.4, 0.5) is 0 Å². The summed E-state index contributed by atoms with van der Waals surface area (Å²) >= 11 is 0. The van der Waals surface area contributed by atoms with E-state index in [4.69, 9.17) is 4.42 Å². The third-order valence-corrected chi connectivity index (χ3v) is 4.77. The summed E-state index contributed by atoms with van der Waals surface area (Å²) in [6.45, 7) is 7.72. The zero-order valence-corrected chi connectivity index (χ0v) is 16.3. The number of amides is 1. The van der Waals surface area contributed by atoms with Crippen molar-refractivity contribution < 1.29 is 9.21 Å². The average Bonchev–Trinajstić information content (AvgIpc) is 3.21. The number of aryl methyl sites for hydroxylation is 1. The standard InChI is InChI=1S/C21H21N5O3/c1-4-9-25-17-10-13(2)29-20(17)15-11-23-26(21(28)19(15)25)12-18(27)24-14(3)16-7-5-6-8-22-16/h4-8,10-11,14H,1,9,12H2,2-3H3,(H,24,27)/t14-/m1/s1. The average molecular weight is 391 g/mol. The van der Waals surface area contributed by atoms with Crippen LogP contribution in [0.15, 0.2) is 58.5 Å². The number of hydrogen-bond acceptors (Lipinski definition) is 5. The van der Waals surface area contributed by atoms with Crippen LogP contribution < -0.4 is 10.9 Å². The minimum absolute atomic E-state index is 0.189. The molecule has 0 saturated carbocycles. The molecule has 148 valence electrons. The van der Waals surface area contributed by atoms with Crippen molar-refractivity contribution in [3.8, 4) is 0 Å². The minimum Gasteiger partial charge on any atom is -0.459 e. The molecule has 0 aliphatic rings. The Bertz CT molecular complexity index is 1270. The highest BCUT2D eigenvalue weighted by Crippen LogP contribution is 2.29. The summed E-state index contributed by atoms with van der Waals surface area (Å²) in [6, 6.07) is 7.10.